The van der Waals surface area contributed by atoms with Crippen molar-refractivity contribution in [2.24, 2.45) is 0 Å². The van der Waals surface area contributed by atoms with Crippen LogP contribution in [0.2, 0.25) is 0 Å². The summed E-state index contributed by atoms with van der Waals surface area (Å²) in [5.74, 6) is 1.39. The lowest BCUT2D eigenvalue weighted by atomic mass is 9.92. The van der Waals surface area contributed by atoms with E-state index in [1.807, 2.05) is 83.3 Å². The average molecular weight is 1510 g/mol. The molecule has 0 unspecified atom stereocenters. The Morgan fingerprint density at radius 3 is 1.11 bits per heavy atom. The monoisotopic (exact) mass is 1510 g/mol. The molecule has 0 saturated heterocycles. The highest BCUT2D eigenvalue weighted by molar-refractivity contribution is 7.27. The highest BCUT2D eigenvalue weighted by Crippen LogP contribution is 2.50. The van der Waals surface area contributed by atoms with Crippen LogP contribution in [0.5, 0.6) is 0 Å². The maximum Gasteiger partial charge on any atom is 0.160 e. The zero-order valence-electron chi connectivity index (χ0n) is 62.6. The van der Waals surface area contributed by atoms with Gasteiger partial charge >= 0.3 is 0 Å². The second-order valence-corrected chi connectivity index (χ2v) is 31.5. The van der Waals surface area contributed by atoms with Crippen molar-refractivity contribution >= 4 is 128 Å². The Bertz CT molecular complexity index is 7740. The lowest BCUT2D eigenvalue weighted by Crippen LogP contribution is -1.96. The molecule has 0 saturated carbocycles. The molecular weight excluding hydrogens is 1450 g/mol. The molecule has 0 amide bonds. The molecule has 6 aromatic heterocycles. The summed E-state index contributed by atoms with van der Waals surface area (Å²) in [7, 11) is 0. The van der Waals surface area contributed by atoms with E-state index in [9.17, 15) is 0 Å². The first-order chi connectivity index (χ1) is 57.5. The van der Waals surface area contributed by atoms with Crippen LogP contribution in [0.1, 0.15) is 0 Å². The van der Waals surface area contributed by atoms with E-state index in [0.29, 0.717) is 11.6 Å². The summed E-state index contributed by atoms with van der Waals surface area (Å²) < 4.78 is 4.93. The first-order valence-electron chi connectivity index (χ1n) is 39.1. The van der Waals surface area contributed by atoms with Crippen LogP contribution in [-0.2, 0) is 0 Å². The fourth-order valence-electron chi connectivity index (χ4n) is 17.0. The lowest BCUT2D eigenvalue weighted by Gasteiger charge is -2.15. The minimum atomic E-state index is 0.694. The number of benzene rings is 17. The Hall–Kier alpha value is -14.8. The third-order valence-corrected chi connectivity index (χ3v) is 24.9. The second kappa shape index (κ2) is 28.7. The van der Waals surface area contributed by atoms with Crippen LogP contribution in [0.25, 0.3) is 229 Å². The van der Waals surface area contributed by atoms with Gasteiger partial charge in [0.1, 0.15) is 0 Å². The van der Waals surface area contributed by atoms with Crippen LogP contribution in [0.3, 0.4) is 0 Å². The Kier molecular flexibility index (Phi) is 16.9. The van der Waals surface area contributed by atoms with E-state index in [1.54, 1.807) is 0 Å². The minimum Gasteiger partial charge on any atom is -0.246 e. The van der Waals surface area contributed by atoms with Crippen LogP contribution in [0.4, 0.5) is 0 Å². The average Bonchev–Trinajstić information content (AvgIpc) is 1.46. The quantitative estimate of drug-likeness (QED) is 0.120. The SMILES string of the molecule is c1ccc(-c2cc(-c3ccccc3)nc(-c3ccc(-c4cccc5c4nc(-c4cc6ccccc6c6ccccc46)c4sc6ccccc6c45)cc3)n2)cc1.c1ccc(-c2ccc(-c3cc(-c4cccc(-c5cccc6nc(-c7cc8ccccc8c8ccccc78)c7sc8ccccc8c7c56)c4)nc(-c4ccccc4)n3)cc2)cc1. The summed E-state index contributed by atoms with van der Waals surface area (Å²) in [5.41, 5.74) is 22.8. The number of para-hydroxylation sites is 1. The molecule has 0 radical (unpaired) electrons. The van der Waals surface area contributed by atoms with Gasteiger partial charge in [-0.25, -0.2) is 29.9 Å². The van der Waals surface area contributed by atoms with Crippen LogP contribution in [0, 0.1) is 0 Å². The maximum atomic E-state index is 5.66. The number of thiophene rings is 2. The van der Waals surface area contributed by atoms with Crippen molar-refractivity contribution in [2.75, 3.05) is 0 Å². The zero-order chi connectivity index (χ0) is 76.6. The van der Waals surface area contributed by atoms with Crippen molar-refractivity contribution in [2.45, 2.75) is 0 Å². The molecule has 17 aromatic carbocycles. The third kappa shape index (κ3) is 12.1. The van der Waals surface area contributed by atoms with Gasteiger partial charge in [-0.05, 0) is 119 Å². The van der Waals surface area contributed by atoms with Crippen molar-refractivity contribution in [3.63, 3.8) is 0 Å². The summed E-state index contributed by atoms with van der Waals surface area (Å²) in [6, 6.07) is 142. The number of pyridine rings is 2. The Balaban J connectivity index is 0.000000141. The molecule has 0 aliphatic rings. The van der Waals surface area contributed by atoms with Gasteiger partial charge < -0.3 is 0 Å². The highest BCUT2D eigenvalue weighted by atomic mass is 32.1. The Morgan fingerprint density at radius 1 is 0.181 bits per heavy atom. The van der Waals surface area contributed by atoms with E-state index in [-0.39, 0.29) is 0 Å². The standard InChI is InChI=1S/C57H35N3S.C51H31N3S/c1-3-15-36(16-4-1)37-29-31-38(32-30-37)50-35-51(60-57(59-50)39-17-5-2-6-18-39)42-21-13-20-40(33-42)44-26-14-27-49-53(44)54-47-25-11-12-28-52(47)61-56(54)55(58-49)48-34-41-19-7-8-22-43(41)45-23-9-10-24-46(45)48;1-3-14-33(15-4-1)44-31-45(34-16-5-2-6-17-34)53-51(52-44)35-28-26-32(27-29-35)38-23-13-24-42-47-41-22-11-12-25-46(41)55-50(47)49(54-48(38)42)43-30-36-18-7-8-19-37(36)39-20-9-10-21-40(39)43/h1-35H;1-31H. The van der Waals surface area contributed by atoms with Gasteiger partial charge in [0.2, 0.25) is 0 Å². The molecule has 0 aliphatic carbocycles. The normalized spacial score (nSPS) is 11.6. The molecule has 0 aliphatic heterocycles. The van der Waals surface area contributed by atoms with Gasteiger partial charge in [-0.3, -0.25) is 0 Å². The first kappa shape index (κ1) is 68.0. The molecule has 0 fully saturated rings. The highest BCUT2D eigenvalue weighted by Gasteiger charge is 2.25. The van der Waals surface area contributed by atoms with E-state index in [2.05, 4.69) is 340 Å². The third-order valence-electron chi connectivity index (χ3n) is 22.6. The van der Waals surface area contributed by atoms with Crippen LogP contribution < -0.4 is 0 Å². The van der Waals surface area contributed by atoms with Gasteiger partial charge in [-0.2, -0.15) is 0 Å². The van der Waals surface area contributed by atoms with Crippen molar-refractivity contribution in [1.29, 1.82) is 0 Å². The predicted octanol–water partition coefficient (Wildman–Crippen LogP) is 29.7. The van der Waals surface area contributed by atoms with Crippen molar-refractivity contribution in [1.82, 2.24) is 29.9 Å². The molecule has 6 heterocycles. The molecule has 23 aromatic rings. The smallest absolute Gasteiger partial charge is 0.160 e. The first-order valence-corrected chi connectivity index (χ1v) is 40.8. The molecule has 6 nitrogen and oxygen atoms in total. The van der Waals surface area contributed by atoms with E-state index >= 15 is 0 Å². The number of fused-ring (bicyclic) bond motifs is 16. The topological polar surface area (TPSA) is 77.3 Å². The van der Waals surface area contributed by atoms with E-state index in [0.717, 1.165) is 123 Å². The van der Waals surface area contributed by atoms with E-state index in [1.165, 1.54) is 94.6 Å². The van der Waals surface area contributed by atoms with Gasteiger partial charge in [-0.1, -0.05) is 352 Å². The minimum absolute atomic E-state index is 0.694. The molecule has 0 N–H and O–H groups in total. The second-order valence-electron chi connectivity index (χ2n) is 29.4. The largest absolute Gasteiger partial charge is 0.246 e. The molecule has 0 spiro atoms. The van der Waals surface area contributed by atoms with Crippen LogP contribution >= 0.6 is 22.7 Å². The van der Waals surface area contributed by atoms with Crippen LogP contribution in [0.15, 0.2) is 400 Å². The fraction of sp³-hybridized carbons (Fsp3) is 0. The Labute approximate surface area is 677 Å². The predicted molar refractivity (Wildman–Crippen MR) is 490 cm³/mol. The summed E-state index contributed by atoms with van der Waals surface area (Å²) in [5, 5.41) is 17.2. The van der Waals surface area contributed by atoms with Gasteiger partial charge in [-0.15, -0.1) is 22.7 Å². The number of nitrogens with zero attached hydrogens (tertiary/aromatic N) is 6. The number of aromatic nitrogens is 6. The fourth-order valence-corrected chi connectivity index (χ4v) is 19.5. The van der Waals surface area contributed by atoms with Crippen molar-refractivity contribution < 1.29 is 0 Å². The lowest BCUT2D eigenvalue weighted by molar-refractivity contribution is 1.18. The molecule has 0 atom stereocenters. The van der Waals surface area contributed by atoms with Crippen molar-refractivity contribution in [3.8, 4) is 124 Å². The van der Waals surface area contributed by atoms with Gasteiger partial charge in [0.25, 0.3) is 0 Å². The van der Waals surface area contributed by atoms with Gasteiger partial charge in [0.05, 0.1) is 54.6 Å². The number of rotatable bonds is 11. The molecule has 8 heteroatoms. The van der Waals surface area contributed by atoms with Gasteiger partial charge in [0, 0.05) is 91.8 Å². The molecule has 0 bridgehead atoms. The summed E-state index contributed by atoms with van der Waals surface area (Å²) in [6.45, 7) is 0. The zero-order valence-corrected chi connectivity index (χ0v) is 64.2. The summed E-state index contributed by atoms with van der Waals surface area (Å²) >= 11 is 3.67. The van der Waals surface area contributed by atoms with Gasteiger partial charge in [0.15, 0.2) is 11.6 Å². The van der Waals surface area contributed by atoms with E-state index < -0.39 is 0 Å². The summed E-state index contributed by atoms with van der Waals surface area (Å²) in [4.78, 5) is 31.8. The Morgan fingerprint density at radius 2 is 0.543 bits per heavy atom. The van der Waals surface area contributed by atoms with Crippen LogP contribution in [-0.4, -0.2) is 29.9 Å². The van der Waals surface area contributed by atoms with E-state index in [4.69, 9.17) is 29.9 Å². The maximum absolute atomic E-state index is 5.66. The number of hydrogen-bond acceptors (Lipinski definition) is 8. The molecule has 116 heavy (non-hydrogen) atoms. The number of hydrogen-bond donors (Lipinski definition) is 0. The van der Waals surface area contributed by atoms with Crippen molar-refractivity contribution in [3.05, 3.63) is 400 Å². The molecular formula is C108H66N6S2. The summed E-state index contributed by atoms with van der Waals surface area (Å²) in [6.07, 6.45) is 0. The molecule has 540 valence electrons. The molecule has 23 rings (SSSR count).